The number of hydrogen-bond donors (Lipinski definition) is 2. The van der Waals surface area contributed by atoms with E-state index in [0.717, 1.165) is 0 Å². The van der Waals surface area contributed by atoms with E-state index in [9.17, 15) is 31.5 Å². The van der Waals surface area contributed by atoms with Gasteiger partial charge in [0.2, 0.25) is 5.92 Å². The minimum Gasteiger partial charge on any atom is -0.480 e. The Balaban J connectivity index is 3.46. The first-order chi connectivity index (χ1) is 8.60. The molecular weight excluding hydrogens is 279 g/mol. The van der Waals surface area contributed by atoms with Gasteiger partial charge in [0.15, 0.2) is 17.5 Å². The number of benzene rings is 1. The van der Waals surface area contributed by atoms with Gasteiger partial charge in [0.05, 0.1) is 5.56 Å². The maximum atomic E-state index is 13.6. The molecular formula is C10H5F5O4. The van der Waals surface area contributed by atoms with Crippen molar-refractivity contribution < 1.29 is 41.8 Å². The second-order valence-corrected chi connectivity index (χ2v) is 3.46. The highest BCUT2D eigenvalue weighted by Crippen LogP contribution is 2.38. The molecule has 0 fully saturated rings. The van der Waals surface area contributed by atoms with Crippen molar-refractivity contribution in [2.45, 2.75) is 5.92 Å². The molecule has 4 nitrogen and oxygen atoms in total. The zero-order valence-corrected chi connectivity index (χ0v) is 8.83. The van der Waals surface area contributed by atoms with E-state index in [0.29, 0.717) is 0 Å². The smallest absolute Gasteiger partial charge is 0.324 e. The molecule has 1 aromatic carbocycles. The number of carboxylic acids is 2. The Kier molecular flexibility index (Phi) is 3.78. The summed E-state index contributed by atoms with van der Waals surface area (Å²) in [6.07, 6.45) is 0. The Morgan fingerprint density at radius 2 is 1.47 bits per heavy atom. The lowest BCUT2D eigenvalue weighted by Gasteiger charge is -2.21. The van der Waals surface area contributed by atoms with Crippen LogP contribution in [-0.4, -0.2) is 22.2 Å². The first-order valence-corrected chi connectivity index (χ1v) is 4.58. The first kappa shape index (κ1) is 14.9. The maximum Gasteiger partial charge on any atom is 0.324 e. The summed E-state index contributed by atoms with van der Waals surface area (Å²) in [5.74, 6) is -19.3. The molecule has 0 radical (unpaired) electrons. The lowest BCUT2D eigenvalue weighted by atomic mass is 9.94. The Labute approximate surface area is 102 Å². The molecule has 9 heteroatoms. The first-order valence-electron chi connectivity index (χ1n) is 4.58. The second kappa shape index (κ2) is 4.82. The summed E-state index contributed by atoms with van der Waals surface area (Å²) in [6.45, 7) is 0. The highest BCUT2D eigenvalue weighted by atomic mass is 19.3. The highest BCUT2D eigenvalue weighted by molar-refractivity contribution is 5.94. The van der Waals surface area contributed by atoms with E-state index in [4.69, 9.17) is 10.2 Å². The monoisotopic (exact) mass is 284 g/mol. The molecule has 19 heavy (non-hydrogen) atoms. The molecule has 0 aliphatic carbocycles. The van der Waals surface area contributed by atoms with E-state index >= 15 is 0 Å². The predicted molar refractivity (Wildman–Crippen MR) is 49.0 cm³/mol. The topological polar surface area (TPSA) is 74.6 Å². The molecule has 1 aromatic rings. The molecule has 0 amide bonds. The maximum absolute atomic E-state index is 13.6. The predicted octanol–water partition coefficient (Wildman–Crippen LogP) is 1.98. The largest absolute Gasteiger partial charge is 0.480 e. The number of halogens is 5. The van der Waals surface area contributed by atoms with Crippen molar-refractivity contribution >= 4 is 11.9 Å². The molecule has 104 valence electrons. The van der Waals surface area contributed by atoms with E-state index in [-0.39, 0.29) is 12.1 Å². The number of rotatable bonds is 4. The van der Waals surface area contributed by atoms with Gasteiger partial charge in [0.1, 0.15) is 0 Å². The number of aliphatic carboxylic acids is 2. The van der Waals surface area contributed by atoms with Gasteiger partial charge in [0, 0.05) is 0 Å². The van der Waals surface area contributed by atoms with Crippen LogP contribution < -0.4 is 0 Å². The van der Waals surface area contributed by atoms with Crippen molar-refractivity contribution in [2.24, 2.45) is 5.92 Å². The third-order valence-electron chi connectivity index (χ3n) is 2.25. The van der Waals surface area contributed by atoms with Gasteiger partial charge in [-0.25, -0.2) is 13.2 Å². The minimum absolute atomic E-state index is 0.0899. The van der Waals surface area contributed by atoms with Gasteiger partial charge in [-0.05, 0) is 12.1 Å². The van der Waals surface area contributed by atoms with Crippen molar-refractivity contribution in [3.05, 3.63) is 35.1 Å². The average molecular weight is 284 g/mol. The quantitative estimate of drug-likeness (QED) is 0.503. The van der Waals surface area contributed by atoms with Crippen LogP contribution in [0.4, 0.5) is 22.0 Å². The number of carboxylic acid groups (broad SMARTS) is 2. The Bertz CT molecular complexity index is 529. The van der Waals surface area contributed by atoms with Gasteiger partial charge in [-0.3, -0.25) is 9.59 Å². The Morgan fingerprint density at radius 1 is 1.00 bits per heavy atom. The SMILES string of the molecule is O=C(O)C(C(=O)O)C(F)(F)c1ccc(F)c(F)c1F. The molecule has 0 bridgehead atoms. The molecule has 0 aliphatic rings. The van der Waals surface area contributed by atoms with Gasteiger partial charge >= 0.3 is 11.9 Å². The number of hydrogen-bond acceptors (Lipinski definition) is 2. The lowest BCUT2D eigenvalue weighted by molar-refractivity contribution is -0.174. The van der Waals surface area contributed by atoms with E-state index in [1.54, 1.807) is 0 Å². The Hall–Kier alpha value is -2.19. The van der Waals surface area contributed by atoms with Crippen LogP contribution in [0.1, 0.15) is 5.56 Å². The third-order valence-corrected chi connectivity index (χ3v) is 2.25. The summed E-state index contributed by atoms with van der Waals surface area (Å²) in [7, 11) is 0. The van der Waals surface area contributed by atoms with Gasteiger partial charge in [0.25, 0.3) is 5.92 Å². The van der Waals surface area contributed by atoms with Crippen molar-refractivity contribution in [1.82, 2.24) is 0 Å². The molecule has 0 spiro atoms. The second-order valence-electron chi connectivity index (χ2n) is 3.46. The molecule has 0 atom stereocenters. The van der Waals surface area contributed by atoms with Crippen LogP contribution in [-0.2, 0) is 15.5 Å². The summed E-state index contributed by atoms with van der Waals surface area (Å²) in [6, 6.07) is 0.231. The molecule has 0 saturated heterocycles. The third kappa shape index (κ3) is 2.49. The highest BCUT2D eigenvalue weighted by Gasteiger charge is 2.53. The van der Waals surface area contributed by atoms with Crippen LogP contribution in [0.2, 0.25) is 0 Å². The molecule has 0 aromatic heterocycles. The van der Waals surface area contributed by atoms with E-state index in [1.807, 2.05) is 0 Å². The van der Waals surface area contributed by atoms with Crippen molar-refractivity contribution in [2.75, 3.05) is 0 Å². The standard InChI is InChI=1S/C10H5F5O4/c11-4-2-1-3(6(12)7(4)13)10(14,15)5(8(16)17)9(18)19/h1-2,5H,(H,16,17)(H,18,19). The van der Waals surface area contributed by atoms with E-state index in [2.05, 4.69) is 0 Å². The molecule has 0 aliphatic heterocycles. The zero-order valence-electron chi connectivity index (χ0n) is 8.83. The van der Waals surface area contributed by atoms with E-state index < -0.39 is 46.8 Å². The molecule has 0 unspecified atom stereocenters. The van der Waals surface area contributed by atoms with Crippen LogP contribution in [0.5, 0.6) is 0 Å². The fourth-order valence-electron chi connectivity index (χ4n) is 1.35. The number of carbonyl (C=O) groups is 2. The molecule has 2 N–H and O–H groups in total. The van der Waals surface area contributed by atoms with Crippen LogP contribution in [0.25, 0.3) is 0 Å². The zero-order chi connectivity index (χ0) is 15.0. The normalized spacial score (nSPS) is 11.7. The fourth-order valence-corrected chi connectivity index (χ4v) is 1.35. The molecule has 1 rings (SSSR count). The summed E-state index contributed by atoms with van der Waals surface area (Å²) in [4.78, 5) is 20.9. The van der Waals surface area contributed by atoms with Gasteiger partial charge < -0.3 is 10.2 Å². The number of alkyl halides is 2. The van der Waals surface area contributed by atoms with Gasteiger partial charge in [-0.2, -0.15) is 8.78 Å². The van der Waals surface area contributed by atoms with Gasteiger partial charge in [-0.15, -0.1) is 0 Å². The average Bonchev–Trinajstić information content (AvgIpc) is 2.23. The summed E-state index contributed by atoms with van der Waals surface area (Å²) in [5, 5.41) is 16.8. The van der Waals surface area contributed by atoms with Crippen molar-refractivity contribution in [1.29, 1.82) is 0 Å². The lowest BCUT2D eigenvalue weighted by Crippen LogP contribution is -2.39. The molecule has 0 heterocycles. The summed E-state index contributed by atoms with van der Waals surface area (Å²) in [5.41, 5.74) is -1.85. The summed E-state index contributed by atoms with van der Waals surface area (Å²) >= 11 is 0. The molecule has 0 saturated carbocycles. The van der Waals surface area contributed by atoms with Crippen molar-refractivity contribution in [3.63, 3.8) is 0 Å². The van der Waals surface area contributed by atoms with E-state index in [1.165, 1.54) is 0 Å². The van der Waals surface area contributed by atoms with Crippen LogP contribution in [0.15, 0.2) is 12.1 Å². The van der Waals surface area contributed by atoms with Crippen LogP contribution in [0.3, 0.4) is 0 Å². The Morgan fingerprint density at radius 3 is 1.89 bits per heavy atom. The van der Waals surface area contributed by atoms with Crippen LogP contribution in [0, 0.1) is 23.4 Å². The van der Waals surface area contributed by atoms with Crippen molar-refractivity contribution in [3.8, 4) is 0 Å². The fraction of sp³-hybridized carbons (Fsp3) is 0.200. The summed E-state index contributed by atoms with van der Waals surface area (Å²) < 4.78 is 65.8. The van der Waals surface area contributed by atoms with Crippen LogP contribution >= 0.6 is 0 Å². The minimum atomic E-state index is -4.75. The van der Waals surface area contributed by atoms with Gasteiger partial charge in [-0.1, -0.05) is 0 Å².